The highest BCUT2D eigenvalue weighted by atomic mass is 32.2. The van der Waals surface area contributed by atoms with E-state index in [2.05, 4.69) is 5.32 Å². The second-order valence-corrected chi connectivity index (χ2v) is 6.60. The summed E-state index contributed by atoms with van der Waals surface area (Å²) in [6, 6.07) is 4.16. The Bertz CT molecular complexity index is 551. The van der Waals surface area contributed by atoms with Crippen molar-refractivity contribution in [3.05, 3.63) is 29.3 Å². The molecule has 0 saturated carbocycles. The number of nitrogens with one attached hydrogen (secondary N) is 1. The molecule has 0 aliphatic carbocycles. The Morgan fingerprint density at radius 1 is 1.44 bits per heavy atom. The number of carbonyl (C=O) groups excluding carboxylic acids is 1. The van der Waals surface area contributed by atoms with Gasteiger partial charge < -0.3 is 10.4 Å². The monoisotopic (exact) mass is 271 g/mol. The molecule has 0 aromatic heterocycles. The van der Waals surface area contributed by atoms with Crippen LogP contribution in [0.2, 0.25) is 0 Å². The first-order valence-corrected chi connectivity index (χ1v) is 7.54. The predicted octanol–water partition coefficient (Wildman–Crippen LogP) is 0.864. The van der Waals surface area contributed by atoms with Gasteiger partial charge >= 0.3 is 0 Å². The van der Waals surface area contributed by atoms with Crippen molar-refractivity contribution in [1.82, 2.24) is 5.32 Å². The smallest absolute Gasteiger partial charge is 0.251 e. The number of hydrogen-bond donors (Lipinski definition) is 2. The lowest BCUT2D eigenvalue weighted by Crippen LogP contribution is -2.37. The molecule has 1 aromatic rings. The third-order valence-corrected chi connectivity index (χ3v) is 3.59. The number of benzene rings is 1. The molecule has 100 valence electrons. The Morgan fingerprint density at radius 2 is 2.06 bits per heavy atom. The standard InChI is InChI=1S/C12H17NO4S/c1-8(7-18(3,16)17)13-12(15)10-5-4-6-11(14)9(10)2/h4-6,8,14H,7H2,1-3H3,(H,13,15). The van der Waals surface area contributed by atoms with Crippen LogP contribution in [-0.2, 0) is 9.84 Å². The van der Waals surface area contributed by atoms with Crippen LogP contribution in [0.15, 0.2) is 18.2 Å². The summed E-state index contributed by atoms with van der Waals surface area (Å²) in [7, 11) is -3.13. The highest BCUT2D eigenvalue weighted by molar-refractivity contribution is 7.90. The molecule has 0 aliphatic heterocycles. The molecule has 1 aromatic carbocycles. The number of aromatic hydroxyl groups is 1. The number of hydrogen-bond acceptors (Lipinski definition) is 4. The first kappa shape index (κ1) is 14.5. The summed E-state index contributed by atoms with van der Waals surface area (Å²) < 4.78 is 22.2. The van der Waals surface area contributed by atoms with Crippen molar-refractivity contribution in [2.24, 2.45) is 0 Å². The molecule has 18 heavy (non-hydrogen) atoms. The lowest BCUT2D eigenvalue weighted by Gasteiger charge is -2.14. The maximum atomic E-state index is 11.9. The summed E-state index contributed by atoms with van der Waals surface area (Å²) in [6.07, 6.45) is 1.12. The van der Waals surface area contributed by atoms with Crippen LogP contribution >= 0.6 is 0 Å². The van der Waals surface area contributed by atoms with Crippen molar-refractivity contribution in [2.75, 3.05) is 12.0 Å². The van der Waals surface area contributed by atoms with E-state index in [-0.39, 0.29) is 17.4 Å². The first-order chi connectivity index (χ1) is 8.20. The molecule has 6 heteroatoms. The molecule has 0 radical (unpaired) electrons. The Morgan fingerprint density at radius 3 is 2.61 bits per heavy atom. The molecule has 0 saturated heterocycles. The topological polar surface area (TPSA) is 83.5 Å². The van der Waals surface area contributed by atoms with Gasteiger partial charge in [-0.15, -0.1) is 0 Å². The molecule has 0 bridgehead atoms. The summed E-state index contributed by atoms with van der Waals surface area (Å²) in [5.74, 6) is -0.464. The minimum Gasteiger partial charge on any atom is -0.508 e. The highest BCUT2D eigenvalue weighted by Crippen LogP contribution is 2.19. The van der Waals surface area contributed by atoms with Crippen LogP contribution in [0.3, 0.4) is 0 Å². The number of phenolic OH excluding ortho intramolecular Hbond substituents is 1. The fourth-order valence-electron chi connectivity index (χ4n) is 1.67. The average molecular weight is 271 g/mol. The van der Waals surface area contributed by atoms with Crippen LogP contribution in [0.25, 0.3) is 0 Å². The van der Waals surface area contributed by atoms with Gasteiger partial charge in [-0.1, -0.05) is 6.07 Å². The van der Waals surface area contributed by atoms with Gasteiger partial charge in [-0.25, -0.2) is 8.42 Å². The molecule has 1 unspecified atom stereocenters. The Balaban J connectivity index is 2.80. The largest absolute Gasteiger partial charge is 0.508 e. The third-order valence-electron chi connectivity index (χ3n) is 2.48. The lowest BCUT2D eigenvalue weighted by molar-refractivity contribution is 0.0942. The molecule has 5 nitrogen and oxygen atoms in total. The van der Waals surface area contributed by atoms with Gasteiger partial charge in [0.05, 0.1) is 5.75 Å². The maximum absolute atomic E-state index is 11.9. The number of carbonyl (C=O) groups is 1. The van der Waals surface area contributed by atoms with Gasteiger partial charge in [0.15, 0.2) is 0 Å². The van der Waals surface area contributed by atoms with Crippen LogP contribution in [0.1, 0.15) is 22.8 Å². The summed E-state index contributed by atoms with van der Waals surface area (Å²) in [5, 5.41) is 12.1. The van der Waals surface area contributed by atoms with Gasteiger partial charge in [-0.3, -0.25) is 4.79 Å². The fourth-order valence-corrected chi connectivity index (χ4v) is 2.66. The number of amides is 1. The molecule has 0 aliphatic rings. The van der Waals surface area contributed by atoms with Gasteiger partial charge in [0.2, 0.25) is 0 Å². The second kappa shape index (κ2) is 5.39. The van der Waals surface area contributed by atoms with Gasteiger partial charge in [0, 0.05) is 23.4 Å². The van der Waals surface area contributed by atoms with Gasteiger partial charge in [0.1, 0.15) is 15.6 Å². The molecule has 2 N–H and O–H groups in total. The zero-order valence-electron chi connectivity index (χ0n) is 10.6. The predicted molar refractivity (Wildman–Crippen MR) is 69.5 cm³/mol. The van der Waals surface area contributed by atoms with Crippen molar-refractivity contribution >= 4 is 15.7 Å². The Kier molecular flexibility index (Phi) is 4.34. The minimum absolute atomic E-state index is 0.0402. The van der Waals surface area contributed by atoms with Crippen LogP contribution in [-0.4, -0.2) is 37.5 Å². The highest BCUT2D eigenvalue weighted by Gasteiger charge is 2.16. The summed E-state index contributed by atoms with van der Waals surface area (Å²) in [5.41, 5.74) is 0.817. The van der Waals surface area contributed by atoms with E-state index in [4.69, 9.17) is 0 Å². The quantitative estimate of drug-likeness (QED) is 0.851. The van der Waals surface area contributed by atoms with E-state index in [0.717, 1.165) is 6.26 Å². The minimum atomic E-state index is -3.13. The second-order valence-electron chi connectivity index (χ2n) is 4.42. The van der Waals surface area contributed by atoms with E-state index in [0.29, 0.717) is 11.1 Å². The Hall–Kier alpha value is -1.56. The molecule has 1 atom stereocenters. The van der Waals surface area contributed by atoms with E-state index in [9.17, 15) is 18.3 Å². The van der Waals surface area contributed by atoms with Crippen LogP contribution < -0.4 is 5.32 Å². The van der Waals surface area contributed by atoms with E-state index in [1.807, 2.05) is 0 Å². The van der Waals surface area contributed by atoms with Crippen molar-refractivity contribution < 1.29 is 18.3 Å². The molecular formula is C12H17NO4S. The number of sulfone groups is 1. The van der Waals surface area contributed by atoms with E-state index < -0.39 is 15.9 Å². The normalized spacial score (nSPS) is 13.1. The van der Waals surface area contributed by atoms with Gasteiger partial charge in [-0.2, -0.15) is 0 Å². The maximum Gasteiger partial charge on any atom is 0.251 e. The van der Waals surface area contributed by atoms with E-state index >= 15 is 0 Å². The molecular weight excluding hydrogens is 254 g/mol. The zero-order chi connectivity index (χ0) is 13.9. The van der Waals surface area contributed by atoms with E-state index in [1.54, 1.807) is 26.0 Å². The van der Waals surface area contributed by atoms with Gasteiger partial charge in [-0.05, 0) is 26.0 Å². The Labute approximate surface area is 107 Å². The molecule has 0 spiro atoms. The number of rotatable bonds is 4. The summed E-state index contributed by atoms with van der Waals surface area (Å²) in [4.78, 5) is 11.9. The lowest BCUT2D eigenvalue weighted by atomic mass is 10.1. The third kappa shape index (κ3) is 4.03. The van der Waals surface area contributed by atoms with Crippen molar-refractivity contribution in [2.45, 2.75) is 19.9 Å². The molecule has 1 amide bonds. The molecule has 0 fully saturated rings. The van der Waals surface area contributed by atoms with Crippen molar-refractivity contribution in [1.29, 1.82) is 0 Å². The molecule has 0 heterocycles. The van der Waals surface area contributed by atoms with Crippen LogP contribution in [0.4, 0.5) is 0 Å². The average Bonchev–Trinajstić information content (AvgIpc) is 2.18. The zero-order valence-corrected chi connectivity index (χ0v) is 11.4. The van der Waals surface area contributed by atoms with Gasteiger partial charge in [0.25, 0.3) is 5.91 Å². The molecule has 1 rings (SSSR count). The summed E-state index contributed by atoms with van der Waals surface area (Å²) >= 11 is 0. The van der Waals surface area contributed by atoms with Crippen LogP contribution in [0.5, 0.6) is 5.75 Å². The number of phenols is 1. The van der Waals surface area contributed by atoms with Crippen LogP contribution in [0, 0.1) is 6.92 Å². The first-order valence-electron chi connectivity index (χ1n) is 5.48. The van der Waals surface area contributed by atoms with Crippen molar-refractivity contribution in [3.8, 4) is 5.75 Å². The van der Waals surface area contributed by atoms with Crippen molar-refractivity contribution in [3.63, 3.8) is 0 Å². The SMILES string of the molecule is Cc1c(O)cccc1C(=O)NC(C)CS(C)(=O)=O. The fraction of sp³-hybridized carbons (Fsp3) is 0.417. The van der Waals surface area contributed by atoms with E-state index in [1.165, 1.54) is 6.07 Å². The summed E-state index contributed by atoms with van der Waals surface area (Å²) in [6.45, 7) is 3.25.